The summed E-state index contributed by atoms with van der Waals surface area (Å²) in [5, 5.41) is 8.33. The van der Waals surface area contributed by atoms with Crippen molar-refractivity contribution in [1.29, 1.82) is 0 Å². The van der Waals surface area contributed by atoms with Crippen LogP contribution < -0.4 is 0 Å². The molecular weight excluding hydrogens is 709 g/mol. The van der Waals surface area contributed by atoms with Gasteiger partial charge in [-0.05, 0) is 92.3 Å². The maximum Gasteiger partial charge on any atom is 0.165 e. The predicted molar refractivity (Wildman–Crippen MR) is 236 cm³/mol. The first-order chi connectivity index (χ1) is 28.7. The van der Waals surface area contributed by atoms with Crippen LogP contribution in [0.4, 0.5) is 0 Å². The summed E-state index contributed by atoms with van der Waals surface area (Å²) < 4.78 is 0. The fourth-order valence-corrected chi connectivity index (χ4v) is 8.04. The van der Waals surface area contributed by atoms with Crippen LogP contribution in [0.3, 0.4) is 0 Å². The van der Waals surface area contributed by atoms with Crippen LogP contribution in [0.15, 0.2) is 195 Å². The van der Waals surface area contributed by atoms with E-state index in [0.717, 1.165) is 60.9 Å². The van der Waals surface area contributed by atoms with Gasteiger partial charge in [-0.15, -0.1) is 0 Å². The van der Waals surface area contributed by atoms with Crippen molar-refractivity contribution < 1.29 is 0 Å². The third-order valence-electron chi connectivity index (χ3n) is 10.9. The lowest BCUT2D eigenvalue weighted by atomic mass is 9.89. The summed E-state index contributed by atoms with van der Waals surface area (Å²) in [5.41, 5.74) is 10.1. The molecule has 270 valence electrons. The number of nitrogens with zero attached hydrogens (tertiary/aromatic N) is 6. The number of pyridine rings is 3. The van der Waals surface area contributed by atoms with E-state index in [-0.39, 0.29) is 0 Å². The Balaban J connectivity index is 1.03. The van der Waals surface area contributed by atoms with E-state index in [0.29, 0.717) is 17.5 Å². The zero-order chi connectivity index (χ0) is 38.4. The Morgan fingerprint density at radius 2 is 0.897 bits per heavy atom. The van der Waals surface area contributed by atoms with Crippen molar-refractivity contribution in [2.75, 3.05) is 0 Å². The molecule has 0 amide bonds. The lowest BCUT2D eigenvalue weighted by Gasteiger charge is -2.16. The molecular formula is C52H32N6. The topological polar surface area (TPSA) is 77.3 Å². The second-order valence-corrected chi connectivity index (χ2v) is 14.4. The van der Waals surface area contributed by atoms with Crippen molar-refractivity contribution in [2.45, 2.75) is 0 Å². The van der Waals surface area contributed by atoms with E-state index in [1.807, 2.05) is 30.3 Å². The quantitative estimate of drug-likeness (QED) is 0.158. The van der Waals surface area contributed by atoms with Crippen molar-refractivity contribution in [3.63, 3.8) is 0 Å². The van der Waals surface area contributed by atoms with Crippen LogP contribution in [0.25, 0.3) is 111 Å². The van der Waals surface area contributed by atoms with Crippen LogP contribution in [0.1, 0.15) is 0 Å². The summed E-state index contributed by atoms with van der Waals surface area (Å²) in [6.45, 7) is 0. The monoisotopic (exact) mass is 740 g/mol. The minimum atomic E-state index is 0.557. The molecule has 0 spiro atoms. The molecule has 6 heteroatoms. The van der Waals surface area contributed by atoms with Gasteiger partial charge in [0, 0.05) is 63.2 Å². The Morgan fingerprint density at radius 3 is 1.62 bits per heavy atom. The van der Waals surface area contributed by atoms with E-state index in [4.69, 9.17) is 19.9 Å². The lowest BCUT2D eigenvalue weighted by Crippen LogP contribution is -2.00. The Bertz CT molecular complexity index is 3270. The Kier molecular flexibility index (Phi) is 8.04. The van der Waals surface area contributed by atoms with Gasteiger partial charge in [0.2, 0.25) is 0 Å². The van der Waals surface area contributed by atoms with Crippen molar-refractivity contribution in [2.24, 2.45) is 0 Å². The summed E-state index contributed by atoms with van der Waals surface area (Å²) in [6, 6.07) is 59.7. The number of hydrogen-bond donors (Lipinski definition) is 0. The number of hydrogen-bond acceptors (Lipinski definition) is 6. The van der Waals surface area contributed by atoms with Crippen LogP contribution in [-0.2, 0) is 0 Å². The maximum absolute atomic E-state index is 5.33. The number of aromatic nitrogens is 6. The first-order valence-electron chi connectivity index (χ1n) is 19.2. The minimum Gasteiger partial charge on any atom is -0.264 e. The summed E-state index contributed by atoms with van der Waals surface area (Å²) >= 11 is 0. The molecule has 11 rings (SSSR count). The molecule has 0 bridgehead atoms. The van der Waals surface area contributed by atoms with Crippen molar-refractivity contribution in [1.82, 2.24) is 29.9 Å². The minimum absolute atomic E-state index is 0.557. The van der Waals surface area contributed by atoms with Crippen LogP contribution in [0.5, 0.6) is 0 Å². The predicted octanol–water partition coefficient (Wildman–Crippen LogP) is 12.7. The molecule has 0 N–H and O–H groups in total. The van der Waals surface area contributed by atoms with Gasteiger partial charge in [0.05, 0.1) is 11.2 Å². The average molecular weight is 741 g/mol. The number of fused-ring (bicyclic) bond motifs is 6. The van der Waals surface area contributed by atoms with E-state index < -0.39 is 0 Å². The Labute approximate surface area is 334 Å². The van der Waals surface area contributed by atoms with Gasteiger partial charge in [-0.3, -0.25) is 9.97 Å². The molecule has 0 aliphatic heterocycles. The first kappa shape index (κ1) is 33.4. The molecule has 0 saturated heterocycles. The molecule has 0 aliphatic carbocycles. The Hall–Kier alpha value is -7.96. The van der Waals surface area contributed by atoms with Gasteiger partial charge in [0.25, 0.3) is 0 Å². The van der Waals surface area contributed by atoms with Crippen LogP contribution in [0, 0.1) is 0 Å². The highest BCUT2D eigenvalue weighted by Gasteiger charge is 2.18. The smallest absolute Gasteiger partial charge is 0.165 e. The zero-order valence-corrected chi connectivity index (χ0v) is 31.2. The van der Waals surface area contributed by atoms with E-state index in [2.05, 4.69) is 149 Å². The molecule has 7 aromatic carbocycles. The number of benzene rings is 7. The second kappa shape index (κ2) is 14.0. The fourth-order valence-electron chi connectivity index (χ4n) is 8.04. The molecule has 0 aliphatic rings. The molecule has 11 aromatic rings. The number of para-hydroxylation sites is 1. The third-order valence-corrected chi connectivity index (χ3v) is 10.9. The SMILES string of the molecule is c1cncc(-c2nc(-c3cccnc3)nc(-c3cccc(-c4ccc(-c5cc6c(-c7ccc8ccccc8c7)nc7ccccc7c6c6ccccc56)cc4)c3)n2)c1. The summed E-state index contributed by atoms with van der Waals surface area (Å²) in [5.74, 6) is 1.69. The van der Waals surface area contributed by atoms with Crippen LogP contribution >= 0.6 is 0 Å². The average Bonchev–Trinajstić information content (AvgIpc) is 3.31. The third kappa shape index (κ3) is 5.92. The second-order valence-electron chi connectivity index (χ2n) is 14.4. The lowest BCUT2D eigenvalue weighted by molar-refractivity contribution is 1.07. The maximum atomic E-state index is 5.33. The molecule has 4 aromatic heterocycles. The van der Waals surface area contributed by atoms with E-state index >= 15 is 0 Å². The van der Waals surface area contributed by atoms with Gasteiger partial charge in [0.15, 0.2) is 17.5 Å². The first-order valence-corrected chi connectivity index (χ1v) is 19.2. The molecule has 58 heavy (non-hydrogen) atoms. The normalized spacial score (nSPS) is 11.4. The van der Waals surface area contributed by atoms with E-state index in [1.165, 1.54) is 32.5 Å². The summed E-state index contributed by atoms with van der Waals surface area (Å²) in [4.78, 5) is 28.6. The number of rotatable bonds is 6. The molecule has 4 heterocycles. The summed E-state index contributed by atoms with van der Waals surface area (Å²) in [7, 11) is 0. The molecule has 6 nitrogen and oxygen atoms in total. The fraction of sp³-hybridized carbons (Fsp3) is 0. The van der Waals surface area contributed by atoms with Crippen LogP contribution in [0.2, 0.25) is 0 Å². The van der Waals surface area contributed by atoms with Crippen molar-refractivity contribution in [3.8, 4) is 67.7 Å². The van der Waals surface area contributed by atoms with Gasteiger partial charge < -0.3 is 0 Å². The van der Waals surface area contributed by atoms with Gasteiger partial charge in [-0.2, -0.15) is 0 Å². The van der Waals surface area contributed by atoms with Gasteiger partial charge in [-0.1, -0.05) is 121 Å². The highest BCUT2D eigenvalue weighted by atomic mass is 15.0. The molecule has 0 radical (unpaired) electrons. The zero-order valence-electron chi connectivity index (χ0n) is 31.2. The highest BCUT2D eigenvalue weighted by molar-refractivity contribution is 6.25. The van der Waals surface area contributed by atoms with E-state index in [9.17, 15) is 0 Å². The van der Waals surface area contributed by atoms with Gasteiger partial charge >= 0.3 is 0 Å². The van der Waals surface area contributed by atoms with E-state index in [1.54, 1.807) is 24.8 Å². The molecule has 0 atom stereocenters. The van der Waals surface area contributed by atoms with Crippen molar-refractivity contribution in [3.05, 3.63) is 195 Å². The Morgan fingerprint density at radius 1 is 0.310 bits per heavy atom. The van der Waals surface area contributed by atoms with Gasteiger partial charge in [0.1, 0.15) is 0 Å². The molecule has 0 unspecified atom stereocenters. The highest BCUT2D eigenvalue weighted by Crippen LogP contribution is 2.42. The largest absolute Gasteiger partial charge is 0.264 e. The summed E-state index contributed by atoms with van der Waals surface area (Å²) in [6.07, 6.45) is 7.03. The molecule has 0 fully saturated rings. The van der Waals surface area contributed by atoms with Crippen molar-refractivity contribution >= 4 is 43.2 Å². The van der Waals surface area contributed by atoms with Gasteiger partial charge in [-0.25, -0.2) is 19.9 Å². The standard InChI is InChI=1S/C52H32N6/c1-2-11-36-28-38(25-22-33(36)10-1)49-46-30-45(42-16-3-4-17-43(42)48(46)44-18-5-6-19-47(44)55-49)35-23-20-34(21-24-35)37-12-7-13-39(29-37)50-56-51(40-14-8-26-53-31-40)58-52(57-50)41-15-9-27-54-32-41/h1-32H. The molecule has 0 saturated carbocycles. The van der Waals surface area contributed by atoms with Crippen LogP contribution in [-0.4, -0.2) is 29.9 Å².